The van der Waals surface area contributed by atoms with Crippen LogP contribution < -0.4 is 10.1 Å². The maximum atomic E-state index is 13.1. The Balaban J connectivity index is 1.88. The number of aliphatic carboxylic acids is 1. The van der Waals surface area contributed by atoms with E-state index in [4.69, 9.17) is 9.47 Å². The molecule has 0 spiro atoms. The van der Waals surface area contributed by atoms with Crippen LogP contribution in [-0.4, -0.2) is 60.6 Å². The van der Waals surface area contributed by atoms with E-state index in [0.29, 0.717) is 24.2 Å². The lowest BCUT2D eigenvalue weighted by molar-refractivity contribution is -0.150. The maximum Gasteiger partial charge on any atom is 0.389 e. The van der Waals surface area contributed by atoms with Gasteiger partial charge in [-0.1, -0.05) is 30.7 Å². The molecule has 2 N–H and O–H groups in total. The first-order chi connectivity index (χ1) is 18.1. The number of carboxylic acid groups (broad SMARTS) is 1. The number of carbonyl (C=O) groups excluding carboxylic acids is 1. The van der Waals surface area contributed by atoms with Crippen LogP contribution in [0.5, 0.6) is 5.75 Å². The van der Waals surface area contributed by atoms with Gasteiger partial charge in [-0.2, -0.15) is 13.2 Å². The smallest absolute Gasteiger partial charge is 0.389 e. The third kappa shape index (κ3) is 12.3. The molecule has 0 aromatic heterocycles. The molecule has 0 aliphatic rings. The summed E-state index contributed by atoms with van der Waals surface area (Å²) in [5, 5.41) is 12.0. The molecule has 0 saturated carbocycles. The van der Waals surface area contributed by atoms with Crippen molar-refractivity contribution in [1.29, 1.82) is 0 Å². The predicted molar refractivity (Wildman–Crippen MR) is 133 cm³/mol. The van der Waals surface area contributed by atoms with Crippen molar-refractivity contribution in [1.82, 2.24) is 10.2 Å². The Labute approximate surface area is 219 Å². The average Bonchev–Trinajstić information content (AvgIpc) is 2.87. The largest absolute Gasteiger partial charge is 0.492 e. The maximum absolute atomic E-state index is 13.1. The fourth-order valence-electron chi connectivity index (χ4n) is 3.64. The van der Waals surface area contributed by atoms with E-state index in [1.807, 2.05) is 0 Å². The summed E-state index contributed by atoms with van der Waals surface area (Å²) in [7, 11) is 0. The number of carbonyl (C=O) groups is 2. The number of unbranched alkanes of at least 4 members (excludes halogenated alkanes) is 2. The summed E-state index contributed by atoms with van der Waals surface area (Å²) < 4.78 is 61.2. The highest BCUT2D eigenvalue weighted by Gasteiger charge is 2.26. The molecule has 0 fully saturated rings. The number of alkyl halides is 3. The number of halogens is 4. The van der Waals surface area contributed by atoms with E-state index >= 15 is 0 Å². The quantitative estimate of drug-likeness (QED) is 0.214. The number of hydrogen-bond acceptors (Lipinski definition) is 4. The summed E-state index contributed by atoms with van der Waals surface area (Å²) in [6.07, 6.45) is -5.08. The number of urea groups is 1. The Morgan fingerprint density at radius 1 is 0.974 bits per heavy atom. The molecule has 2 amide bonds. The van der Waals surface area contributed by atoms with Crippen molar-refractivity contribution < 1.29 is 41.7 Å². The van der Waals surface area contributed by atoms with Crippen LogP contribution >= 0.6 is 0 Å². The second-order valence-electron chi connectivity index (χ2n) is 8.68. The van der Waals surface area contributed by atoms with Crippen LogP contribution in [0.4, 0.5) is 22.4 Å². The van der Waals surface area contributed by atoms with E-state index in [-0.39, 0.29) is 51.5 Å². The Bertz CT molecular complexity index is 984. The number of hydrogen-bond donors (Lipinski definition) is 2. The standard InChI is InChI=1S/C27H34F4N2O5/c1-2-37-24(25(34)35)18-20-8-12-23(13-9-20)38-17-16-33(15-5-3-4-14-27(29,30)31)26(36)32-19-21-6-10-22(28)11-7-21/h6-13,24H,2-5,14-19H2,1H3,(H,32,36)(H,34,35). The van der Waals surface area contributed by atoms with Gasteiger partial charge in [-0.15, -0.1) is 0 Å². The van der Waals surface area contributed by atoms with Gasteiger partial charge in [-0.25, -0.2) is 14.0 Å². The van der Waals surface area contributed by atoms with Gasteiger partial charge >= 0.3 is 18.2 Å². The zero-order valence-corrected chi connectivity index (χ0v) is 21.3. The first kappa shape index (κ1) is 30.9. The van der Waals surface area contributed by atoms with Gasteiger partial charge in [0.2, 0.25) is 0 Å². The molecule has 2 rings (SSSR count). The van der Waals surface area contributed by atoms with Gasteiger partial charge < -0.3 is 24.8 Å². The topological polar surface area (TPSA) is 88.1 Å². The Hall–Kier alpha value is -3.34. The summed E-state index contributed by atoms with van der Waals surface area (Å²) in [6.45, 7) is 2.77. The number of nitrogens with zero attached hydrogens (tertiary/aromatic N) is 1. The van der Waals surface area contributed by atoms with Gasteiger partial charge in [-0.3, -0.25) is 0 Å². The minimum atomic E-state index is -4.20. The highest BCUT2D eigenvalue weighted by atomic mass is 19.4. The summed E-state index contributed by atoms with van der Waals surface area (Å²) in [5.74, 6) is -0.904. The molecule has 0 heterocycles. The third-order valence-corrected chi connectivity index (χ3v) is 5.65. The van der Waals surface area contributed by atoms with Crippen LogP contribution in [0.15, 0.2) is 48.5 Å². The van der Waals surface area contributed by atoms with Gasteiger partial charge in [-0.05, 0) is 55.2 Å². The Morgan fingerprint density at radius 2 is 1.63 bits per heavy atom. The molecule has 11 heteroatoms. The molecule has 0 saturated heterocycles. The molecule has 38 heavy (non-hydrogen) atoms. The molecule has 210 valence electrons. The van der Waals surface area contributed by atoms with E-state index in [1.54, 1.807) is 43.3 Å². The SMILES string of the molecule is CCOC(Cc1ccc(OCCN(CCCCCC(F)(F)F)C(=O)NCc2ccc(F)cc2)cc1)C(=O)O. The Morgan fingerprint density at radius 3 is 2.24 bits per heavy atom. The lowest BCUT2D eigenvalue weighted by Gasteiger charge is -2.23. The summed E-state index contributed by atoms with van der Waals surface area (Å²) >= 11 is 0. The summed E-state index contributed by atoms with van der Waals surface area (Å²) in [4.78, 5) is 25.5. The van der Waals surface area contributed by atoms with E-state index in [0.717, 1.165) is 5.56 Å². The third-order valence-electron chi connectivity index (χ3n) is 5.65. The number of nitrogens with one attached hydrogen (secondary N) is 1. The van der Waals surface area contributed by atoms with Crippen molar-refractivity contribution in [2.24, 2.45) is 0 Å². The minimum absolute atomic E-state index is 0.0105. The molecule has 0 radical (unpaired) electrons. The number of rotatable bonds is 16. The zero-order valence-electron chi connectivity index (χ0n) is 21.3. The molecule has 0 aliphatic carbocycles. The van der Waals surface area contributed by atoms with Crippen LogP contribution in [0.2, 0.25) is 0 Å². The van der Waals surface area contributed by atoms with E-state index < -0.39 is 30.7 Å². The van der Waals surface area contributed by atoms with Gasteiger partial charge in [0.1, 0.15) is 18.2 Å². The first-order valence-corrected chi connectivity index (χ1v) is 12.5. The van der Waals surface area contributed by atoms with Crippen molar-refractivity contribution in [3.63, 3.8) is 0 Å². The fraction of sp³-hybridized carbons (Fsp3) is 0.481. The number of benzene rings is 2. The highest BCUT2D eigenvalue weighted by molar-refractivity contribution is 5.74. The monoisotopic (exact) mass is 542 g/mol. The molecule has 2 aromatic carbocycles. The molecule has 0 bridgehead atoms. The van der Waals surface area contributed by atoms with E-state index in [9.17, 15) is 32.3 Å². The van der Waals surface area contributed by atoms with Crippen molar-refractivity contribution in [3.05, 3.63) is 65.5 Å². The van der Waals surface area contributed by atoms with Gasteiger partial charge in [0.25, 0.3) is 0 Å². The molecular formula is C27H34F4N2O5. The van der Waals surface area contributed by atoms with Gasteiger partial charge in [0, 0.05) is 32.5 Å². The average molecular weight is 543 g/mol. The van der Waals surface area contributed by atoms with Crippen molar-refractivity contribution in [2.45, 2.75) is 57.9 Å². The van der Waals surface area contributed by atoms with Crippen LogP contribution in [0, 0.1) is 5.82 Å². The van der Waals surface area contributed by atoms with Crippen LogP contribution in [0.25, 0.3) is 0 Å². The van der Waals surface area contributed by atoms with Crippen LogP contribution in [-0.2, 0) is 22.5 Å². The highest BCUT2D eigenvalue weighted by Crippen LogP contribution is 2.22. The lowest BCUT2D eigenvalue weighted by Crippen LogP contribution is -2.42. The van der Waals surface area contributed by atoms with Gasteiger partial charge in [0.15, 0.2) is 6.10 Å². The van der Waals surface area contributed by atoms with Crippen molar-refractivity contribution >= 4 is 12.0 Å². The molecule has 2 aromatic rings. The Kier molecular flexibility index (Phi) is 12.8. The molecular weight excluding hydrogens is 508 g/mol. The number of carboxylic acids is 1. The van der Waals surface area contributed by atoms with Crippen molar-refractivity contribution in [3.8, 4) is 5.75 Å². The van der Waals surface area contributed by atoms with Crippen LogP contribution in [0.3, 0.4) is 0 Å². The fourth-order valence-corrected chi connectivity index (χ4v) is 3.64. The summed E-state index contributed by atoms with van der Waals surface area (Å²) in [6, 6.07) is 12.1. The van der Waals surface area contributed by atoms with Gasteiger partial charge in [0.05, 0.1) is 6.54 Å². The minimum Gasteiger partial charge on any atom is -0.492 e. The second-order valence-corrected chi connectivity index (χ2v) is 8.68. The molecule has 0 aliphatic heterocycles. The second kappa shape index (κ2) is 15.8. The molecule has 1 unspecified atom stereocenters. The number of amides is 2. The van der Waals surface area contributed by atoms with E-state index in [2.05, 4.69) is 5.32 Å². The lowest BCUT2D eigenvalue weighted by atomic mass is 10.1. The van der Waals surface area contributed by atoms with E-state index in [1.165, 1.54) is 17.0 Å². The number of ether oxygens (including phenoxy) is 2. The van der Waals surface area contributed by atoms with Crippen LogP contribution in [0.1, 0.15) is 43.7 Å². The zero-order chi connectivity index (χ0) is 28.0. The normalized spacial score (nSPS) is 12.1. The first-order valence-electron chi connectivity index (χ1n) is 12.5. The molecule has 1 atom stereocenters. The summed E-state index contributed by atoms with van der Waals surface area (Å²) in [5.41, 5.74) is 1.47. The molecule has 7 nitrogen and oxygen atoms in total. The van der Waals surface area contributed by atoms with Crippen molar-refractivity contribution in [2.75, 3.05) is 26.3 Å². The predicted octanol–water partition coefficient (Wildman–Crippen LogP) is 5.57.